The van der Waals surface area contributed by atoms with E-state index in [2.05, 4.69) is 4.99 Å². The molecule has 7 nitrogen and oxygen atoms in total. The number of alkyl halides is 2. The van der Waals surface area contributed by atoms with E-state index in [0.717, 1.165) is 6.07 Å². The Morgan fingerprint density at radius 3 is 2.12 bits per heavy atom. The molecule has 25 heavy (non-hydrogen) atoms. The van der Waals surface area contributed by atoms with Gasteiger partial charge in [-0.15, -0.1) is 0 Å². The fourth-order valence-electron chi connectivity index (χ4n) is 2.33. The summed E-state index contributed by atoms with van der Waals surface area (Å²) in [5.41, 5.74) is 8.75. The third kappa shape index (κ3) is 3.98. The number of carbonyl (C=O) groups excluding carboxylic acids is 1. The molecule has 2 aromatic carbocycles. The summed E-state index contributed by atoms with van der Waals surface area (Å²) in [4.78, 5) is 14.3. The van der Waals surface area contributed by atoms with Crippen LogP contribution in [-0.2, 0) is 10.0 Å². The molecule has 0 radical (unpaired) electrons. The van der Waals surface area contributed by atoms with Crippen molar-refractivity contribution < 1.29 is 22.0 Å². The van der Waals surface area contributed by atoms with E-state index in [1.54, 1.807) is 18.2 Å². The van der Waals surface area contributed by atoms with Crippen LogP contribution in [0, 0.1) is 0 Å². The van der Waals surface area contributed by atoms with Gasteiger partial charge in [-0.2, -0.15) is 4.99 Å². The van der Waals surface area contributed by atoms with Gasteiger partial charge in [-0.25, -0.2) is 22.3 Å². The lowest BCUT2D eigenvalue weighted by Gasteiger charge is -2.16. The normalized spacial score (nSPS) is 11.4. The zero-order valence-electron chi connectivity index (χ0n) is 12.7. The third-order valence-corrected chi connectivity index (χ3v) is 4.25. The predicted octanol–water partition coefficient (Wildman–Crippen LogP) is 1.35. The number of guanidine groups is 1. The Morgan fingerprint density at radius 2 is 1.64 bits per heavy atom. The van der Waals surface area contributed by atoms with Gasteiger partial charge in [0.2, 0.25) is 10.0 Å². The molecule has 0 unspecified atom stereocenters. The quantitative estimate of drug-likeness (QED) is 0.552. The molecule has 0 aliphatic heterocycles. The number of amides is 1. The Kier molecular flexibility index (Phi) is 5.14. The Hall–Kier alpha value is -2.85. The van der Waals surface area contributed by atoms with Gasteiger partial charge in [-0.1, -0.05) is 36.4 Å². The summed E-state index contributed by atoms with van der Waals surface area (Å²) in [5, 5.41) is 5.15. The van der Waals surface area contributed by atoms with Crippen LogP contribution in [0.25, 0.3) is 11.1 Å². The molecular weight excluding hydrogens is 354 g/mol. The van der Waals surface area contributed by atoms with Crippen LogP contribution in [0.4, 0.5) is 8.78 Å². The van der Waals surface area contributed by atoms with E-state index in [9.17, 15) is 22.0 Å². The summed E-state index contributed by atoms with van der Waals surface area (Å²) >= 11 is 0. The number of hydrogen-bond donors (Lipinski definition) is 3. The predicted molar refractivity (Wildman–Crippen MR) is 88.3 cm³/mol. The molecule has 0 heterocycles. The second-order valence-electron chi connectivity index (χ2n) is 4.96. The molecule has 1 amide bonds. The Morgan fingerprint density at radius 1 is 1.04 bits per heavy atom. The van der Waals surface area contributed by atoms with E-state index in [-0.39, 0.29) is 5.56 Å². The molecule has 0 aromatic heterocycles. The number of hydrogen-bond acceptors (Lipinski definition) is 3. The van der Waals surface area contributed by atoms with E-state index in [0.29, 0.717) is 5.56 Å². The molecule has 0 atom stereocenters. The van der Waals surface area contributed by atoms with Crippen molar-refractivity contribution in [2.75, 3.05) is 0 Å². The van der Waals surface area contributed by atoms with Crippen LogP contribution in [0.15, 0.2) is 52.4 Å². The first-order valence-electron chi connectivity index (χ1n) is 6.80. The van der Waals surface area contributed by atoms with Crippen molar-refractivity contribution in [2.24, 2.45) is 21.6 Å². The maximum Gasteiger partial charge on any atom is 0.280 e. The molecule has 0 aliphatic rings. The first kappa shape index (κ1) is 18.5. The van der Waals surface area contributed by atoms with Crippen molar-refractivity contribution >= 4 is 21.9 Å². The van der Waals surface area contributed by atoms with Gasteiger partial charge in [-0.3, -0.25) is 4.79 Å². The molecule has 0 saturated carbocycles. The second-order valence-corrected chi connectivity index (χ2v) is 6.46. The van der Waals surface area contributed by atoms with E-state index in [1.165, 1.54) is 18.2 Å². The summed E-state index contributed by atoms with van der Waals surface area (Å²) in [6.07, 6.45) is -3.30. The minimum atomic E-state index is -4.58. The molecular formula is C15H14F2N4O3S. The highest BCUT2D eigenvalue weighted by molar-refractivity contribution is 7.89. The smallest absolute Gasteiger partial charge is 0.280 e. The summed E-state index contributed by atoms with van der Waals surface area (Å²) in [5.74, 6) is -1.84. The Bertz CT molecular complexity index is 941. The first-order chi connectivity index (χ1) is 11.6. The summed E-state index contributed by atoms with van der Waals surface area (Å²) in [6, 6.07) is 10.2. The monoisotopic (exact) mass is 368 g/mol. The molecule has 0 bridgehead atoms. The van der Waals surface area contributed by atoms with Crippen molar-refractivity contribution in [3.05, 3.63) is 53.6 Å². The largest absolute Gasteiger partial charge is 0.370 e. The van der Waals surface area contributed by atoms with Gasteiger partial charge in [0.1, 0.15) is 0 Å². The number of benzene rings is 2. The molecule has 10 heteroatoms. The number of rotatable bonds is 4. The lowest BCUT2D eigenvalue weighted by Crippen LogP contribution is -2.25. The van der Waals surface area contributed by atoms with Crippen LogP contribution in [0.3, 0.4) is 0 Å². The van der Waals surface area contributed by atoms with Crippen molar-refractivity contribution in [3.8, 4) is 11.1 Å². The minimum absolute atomic E-state index is 0.0559. The number of primary sulfonamides is 1. The Labute approximate surface area is 142 Å². The summed E-state index contributed by atoms with van der Waals surface area (Å²) in [6.45, 7) is 0. The third-order valence-electron chi connectivity index (χ3n) is 3.24. The van der Waals surface area contributed by atoms with Crippen LogP contribution in [-0.4, -0.2) is 20.3 Å². The molecule has 6 N–H and O–H groups in total. The van der Waals surface area contributed by atoms with Gasteiger partial charge < -0.3 is 11.5 Å². The zero-order valence-corrected chi connectivity index (χ0v) is 13.5. The minimum Gasteiger partial charge on any atom is -0.370 e. The topological polar surface area (TPSA) is 142 Å². The average molecular weight is 368 g/mol. The molecule has 2 rings (SSSR count). The van der Waals surface area contributed by atoms with Crippen molar-refractivity contribution in [3.63, 3.8) is 0 Å². The lowest BCUT2D eigenvalue weighted by atomic mass is 9.98. The maximum atomic E-state index is 13.6. The van der Waals surface area contributed by atoms with Gasteiger partial charge in [0.25, 0.3) is 12.3 Å². The maximum absolute atomic E-state index is 13.6. The van der Waals surface area contributed by atoms with Gasteiger partial charge in [-0.05, 0) is 11.6 Å². The van der Waals surface area contributed by atoms with E-state index < -0.39 is 44.3 Å². The van der Waals surface area contributed by atoms with Crippen molar-refractivity contribution in [2.45, 2.75) is 11.3 Å². The number of nitrogens with zero attached hydrogens (tertiary/aromatic N) is 1. The highest BCUT2D eigenvalue weighted by Crippen LogP contribution is 2.37. The van der Waals surface area contributed by atoms with E-state index in [1.807, 2.05) is 0 Å². The van der Waals surface area contributed by atoms with Crippen molar-refractivity contribution in [1.82, 2.24) is 0 Å². The number of aliphatic imine (C=N–C) groups is 1. The van der Waals surface area contributed by atoms with Crippen LogP contribution in [0.2, 0.25) is 0 Å². The number of halogens is 2. The van der Waals surface area contributed by atoms with E-state index >= 15 is 0 Å². The van der Waals surface area contributed by atoms with Crippen LogP contribution in [0.1, 0.15) is 22.3 Å². The summed E-state index contributed by atoms with van der Waals surface area (Å²) in [7, 11) is -4.58. The van der Waals surface area contributed by atoms with Gasteiger partial charge in [0.15, 0.2) is 5.96 Å². The molecule has 0 aliphatic carbocycles. The standard InChI is InChI=1S/C15H14F2N4O3S/c16-13(17)11-10(14(22)21-15(18)19)7-6-9(12(11)25(20,23)24)8-4-2-1-3-5-8/h1-7,13H,(H2,20,23,24)(H4,18,19,21,22). The van der Waals surface area contributed by atoms with Crippen molar-refractivity contribution in [1.29, 1.82) is 0 Å². The van der Waals surface area contributed by atoms with Gasteiger partial charge in [0, 0.05) is 5.56 Å². The molecule has 0 spiro atoms. The molecule has 0 fully saturated rings. The summed E-state index contributed by atoms with van der Waals surface area (Å²) < 4.78 is 51.3. The number of nitrogens with two attached hydrogens (primary N) is 3. The Balaban J connectivity index is 2.90. The lowest BCUT2D eigenvalue weighted by molar-refractivity contribution is 0.0986. The van der Waals surface area contributed by atoms with Crippen LogP contribution < -0.4 is 16.6 Å². The highest BCUT2D eigenvalue weighted by Gasteiger charge is 2.30. The fourth-order valence-corrected chi connectivity index (χ4v) is 3.33. The van der Waals surface area contributed by atoms with E-state index in [4.69, 9.17) is 16.6 Å². The van der Waals surface area contributed by atoms with Gasteiger partial charge in [0.05, 0.1) is 16.0 Å². The SMILES string of the molecule is NC(N)=NC(=O)c1ccc(-c2ccccc2)c(S(N)(=O)=O)c1C(F)F. The van der Waals surface area contributed by atoms with Crippen LogP contribution >= 0.6 is 0 Å². The zero-order chi connectivity index (χ0) is 18.8. The van der Waals surface area contributed by atoms with Crippen LogP contribution in [0.5, 0.6) is 0 Å². The first-order valence-corrected chi connectivity index (χ1v) is 8.34. The highest BCUT2D eigenvalue weighted by atomic mass is 32.2. The number of sulfonamides is 1. The number of carbonyl (C=O) groups is 1. The van der Waals surface area contributed by atoms with Gasteiger partial charge >= 0.3 is 0 Å². The average Bonchev–Trinajstić information content (AvgIpc) is 2.52. The molecule has 132 valence electrons. The fraction of sp³-hybridized carbons (Fsp3) is 0.0667. The molecule has 2 aromatic rings. The molecule has 0 saturated heterocycles. The second kappa shape index (κ2) is 6.95.